The number of benzene rings is 1. The maximum Gasteiger partial charge on any atom is 0.269 e. The summed E-state index contributed by atoms with van der Waals surface area (Å²) in [7, 11) is 0. The highest BCUT2D eigenvalue weighted by Crippen LogP contribution is 2.24. The van der Waals surface area contributed by atoms with Crippen LogP contribution in [0.25, 0.3) is 0 Å². The average molecular weight is 249 g/mol. The first-order chi connectivity index (χ1) is 8.63. The molecule has 1 aromatic carbocycles. The molecule has 6 heteroatoms. The SMILES string of the molecule is CCCN1C(=O)CNC1c1ccc([N+](=O)[O-])cc1. The summed E-state index contributed by atoms with van der Waals surface area (Å²) < 4.78 is 0. The second-order valence-corrected chi connectivity index (χ2v) is 4.22. The van der Waals surface area contributed by atoms with Gasteiger partial charge in [0.1, 0.15) is 6.17 Å². The summed E-state index contributed by atoms with van der Waals surface area (Å²) in [5.74, 6) is 0.0696. The quantitative estimate of drug-likeness (QED) is 0.647. The van der Waals surface area contributed by atoms with Crippen LogP contribution >= 0.6 is 0 Å². The van der Waals surface area contributed by atoms with Crippen LogP contribution < -0.4 is 5.32 Å². The summed E-state index contributed by atoms with van der Waals surface area (Å²) in [6.45, 7) is 3.02. The van der Waals surface area contributed by atoms with E-state index in [1.807, 2.05) is 6.92 Å². The lowest BCUT2D eigenvalue weighted by Gasteiger charge is -2.24. The van der Waals surface area contributed by atoms with Crippen LogP contribution in [0.2, 0.25) is 0 Å². The number of hydrogen-bond donors (Lipinski definition) is 1. The van der Waals surface area contributed by atoms with E-state index in [4.69, 9.17) is 0 Å². The van der Waals surface area contributed by atoms with Crippen molar-refractivity contribution < 1.29 is 9.72 Å². The number of nitro benzene ring substituents is 1. The molecule has 1 aromatic rings. The van der Waals surface area contributed by atoms with E-state index in [1.54, 1.807) is 17.0 Å². The molecule has 1 atom stereocenters. The maximum atomic E-state index is 11.7. The Kier molecular flexibility index (Phi) is 3.57. The first-order valence-corrected chi connectivity index (χ1v) is 5.90. The normalized spacial score (nSPS) is 19.3. The molecule has 0 bridgehead atoms. The monoisotopic (exact) mass is 249 g/mol. The molecule has 1 heterocycles. The van der Waals surface area contributed by atoms with E-state index in [9.17, 15) is 14.9 Å². The summed E-state index contributed by atoms with van der Waals surface area (Å²) in [5, 5.41) is 13.7. The Labute approximate surface area is 105 Å². The molecule has 0 spiro atoms. The Morgan fingerprint density at radius 1 is 1.44 bits per heavy atom. The van der Waals surface area contributed by atoms with E-state index < -0.39 is 4.92 Å². The van der Waals surface area contributed by atoms with Crippen molar-refractivity contribution in [1.82, 2.24) is 10.2 Å². The van der Waals surface area contributed by atoms with Gasteiger partial charge in [0.2, 0.25) is 5.91 Å². The van der Waals surface area contributed by atoms with Crippen molar-refractivity contribution in [2.75, 3.05) is 13.1 Å². The molecule has 1 amide bonds. The molecule has 1 fully saturated rings. The summed E-state index contributed by atoms with van der Waals surface area (Å²) in [6, 6.07) is 6.31. The molecule has 1 aliphatic rings. The molecule has 1 N–H and O–H groups in total. The molecule has 1 unspecified atom stereocenters. The van der Waals surface area contributed by atoms with Gasteiger partial charge in [0.15, 0.2) is 0 Å². The van der Waals surface area contributed by atoms with Gasteiger partial charge in [0.05, 0.1) is 11.5 Å². The van der Waals surface area contributed by atoms with Crippen molar-refractivity contribution in [1.29, 1.82) is 0 Å². The highest BCUT2D eigenvalue weighted by atomic mass is 16.6. The lowest BCUT2D eigenvalue weighted by Crippen LogP contribution is -2.30. The minimum atomic E-state index is -0.430. The first-order valence-electron chi connectivity index (χ1n) is 5.90. The number of carbonyl (C=O) groups is 1. The first kappa shape index (κ1) is 12.5. The Morgan fingerprint density at radius 3 is 2.67 bits per heavy atom. The van der Waals surface area contributed by atoms with Gasteiger partial charge < -0.3 is 4.90 Å². The van der Waals surface area contributed by atoms with Crippen LogP contribution in [-0.4, -0.2) is 28.8 Å². The van der Waals surface area contributed by atoms with Crippen LogP contribution in [0.4, 0.5) is 5.69 Å². The Hall–Kier alpha value is -1.95. The van der Waals surface area contributed by atoms with Gasteiger partial charge in [-0.15, -0.1) is 0 Å². The van der Waals surface area contributed by atoms with Gasteiger partial charge in [0.25, 0.3) is 5.69 Å². The molecule has 6 nitrogen and oxygen atoms in total. The van der Waals surface area contributed by atoms with E-state index in [-0.39, 0.29) is 17.8 Å². The molecular weight excluding hydrogens is 234 g/mol. The van der Waals surface area contributed by atoms with E-state index in [0.717, 1.165) is 12.0 Å². The van der Waals surface area contributed by atoms with Crippen molar-refractivity contribution in [3.63, 3.8) is 0 Å². The topological polar surface area (TPSA) is 75.5 Å². The van der Waals surface area contributed by atoms with Gasteiger partial charge in [-0.3, -0.25) is 20.2 Å². The fourth-order valence-electron chi connectivity index (χ4n) is 2.11. The smallest absolute Gasteiger partial charge is 0.269 e. The predicted molar refractivity (Wildman–Crippen MR) is 65.8 cm³/mol. The van der Waals surface area contributed by atoms with Gasteiger partial charge in [-0.05, 0) is 24.1 Å². The van der Waals surface area contributed by atoms with Crippen molar-refractivity contribution in [2.24, 2.45) is 0 Å². The second kappa shape index (κ2) is 5.14. The second-order valence-electron chi connectivity index (χ2n) is 4.22. The predicted octanol–water partition coefficient (Wildman–Crippen LogP) is 1.44. The molecule has 96 valence electrons. The maximum absolute atomic E-state index is 11.7. The zero-order valence-corrected chi connectivity index (χ0v) is 10.1. The lowest BCUT2D eigenvalue weighted by molar-refractivity contribution is -0.384. The standard InChI is InChI=1S/C12H15N3O3/c1-2-7-14-11(16)8-13-12(14)9-3-5-10(6-4-9)15(17)18/h3-6,12-13H,2,7-8H2,1H3. The van der Waals surface area contributed by atoms with E-state index >= 15 is 0 Å². The Balaban J connectivity index is 2.20. The molecule has 18 heavy (non-hydrogen) atoms. The highest BCUT2D eigenvalue weighted by molar-refractivity contribution is 5.80. The van der Waals surface area contributed by atoms with Gasteiger partial charge in [-0.1, -0.05) is 6.92 Å². The molecule has 1 aliphatic heterocycles. The molecule has 1 saturated heterocycles. The summed E-state index contributed by atoms with van der Waals surface area (Å²) in [4.78, 5) is 23.6. The molecule has 2 rings (SSSR count). The van der Waals surface area contributed by atoms with Crippen LogP contribution in [0, 0.1) is 10.1 Å². The number of carbonyl (C=O) groups excluding carboxylic acids is 1. The van der Waals surface area contributed by atoms with Crippen LogP contribution in [0.5, 0.6) is 0 Å². The van der Waals surface area contributed by atoms with Gasteiger partial charge in [-0.25, -0.2) is 0 Å². The molecule has 0 saturated carbocycles. The Bertz CT molecular complexity index is 458. The third-order valence-electron chi connectivity index (χ3n) is 2.96. The molecule has 0 aromatic heterocycles. The van der Waals surface area contributed by atoms with Crippen molar-refractivity contribution in [3.05, 3.63) is 39.9 Å². The van der Waals surface area contributed by atoms with E-state index in [2.05, 4.69) is 5.32 Å². The minimum absolute atomic E-state index is 0.0603. The number of nitro groups is 1. The minimum Gasteiger partial charge on any atom is -0.322 e. The van der Waals surface area contributed by atoms with Gasteiger partial charge in [-0.2, -0.15) is 0 Å². The average Bonchev–Trinajstić information content (AvgIpc) is 2.72. The number of hydrogen-bond acceptors (Lipinski definition) is 4. The van der Waals surface area contributed by atoms with Crippen LogP contribution in [0.15, 0.2) is 24.3 Å². The van der Waals surface area contributed by atoms with Crippen LogP contribution in [-0.2, 0) is 4.79 Å². The molecule has 0 radical (unpaired) electrons. The number of nitrogens with one attached hydrogen (secondary N) is 1. The van der Waals surface area contributed by atoms with Crippen molar-refractivity contribution >= 4 is 11.6 Å². The largest absolute Gasteiger partial charge is 0.322 e. The lowest BCUT2D eigenvalue weighted by atomic mass is 10.1. The highest BCUT2D eigenvalue weighted by Gasteiger charge is 2.30. The zero-order valence-electron chi connectivity index (χ0n) is 10.1. The number of amides is 1. The van der Waals surface area contributed by atoms with Gasteiger partial charge in [0, 0.05) is 18.7 Å². The third kappa shape index (κ3) is 2.33. The number of nitrogens with zero attached hydrogens (tertiary/aromatic N) is 2. The van der Waals surface area contributed by atoms with Crippen molar-refractivity contribution in [3.8, 4) is 0 Å². The van der Waals surface area contributed by atoms with E-state index in [1.165, 1.54) is 12.1 Å². The summed E-state index contributed by atoms with van der Waals surface area (Å²) in [5.41, 5.74) is 0.935. The fraction of sp³-hybridized carbons (Fsp3) is 0.417. The summed E-state index contributed by atoms with van der Waals surface area (Å²) >= 11 is 0. The van der Waals surface area contributed by atoms with E-state index in [0.29, 0.717) is 13.1 Å². The van der Waals surface area contributed by atoms with Crippen LogP contribution in [0.1, 0.15) is 25.1 Å². The summed E-state index contributed by atoms with van der Waals surface area (Å²) in [6.07, 6.45) is 0.718. The van der Waals surface area contributed by atoms with Gasteiger partial charge >= 0.3 is 0 Å². The fourth-order valence-corrected chi connectivity index (χ4v) is 2.11. The number of rotatable bonds is 4. The van der Waals surface area contributed by atoms with Crippen molar-refractivity contribution in [2.45, 2.75) is 19.5 Å². The third-order valence-corrected chi connectivity index (χ3v) is 2.96. The Morgan fingerprint density at radius 2 is 2.11 bits per heavy atom. The zero-order chi connectivity index (χ0) is 13.1. The number of non-ortho nitro benzene ring substituents is 1. The molecular formula is C12H15N3O3. The van der Waals surface area contributed by atoms with Crippen LogP contribution in [0.3, 0.4) is 0 Å². The molecule has 0 aliphatic carbocycles.